The minimum absolute atomic E-state index is 0.692. The Balaban J connectivity index is 2.09. The average molecular weight is 447 g/mol. The standard InChI is InChI=1S/C26H39ClO2Si/c1-24(2)16-15-23-29-30(25-17-9-7-10-18-25,26-19-11-8-12-20-26)28-22-14-6-4-3-5-13-21-27/h7-12,17-20,24H,3-6,13-16,21-23H2,1-2H3. The van der Waals surface area contributed by atoms with E-state index in [1.165, 1.54) is 42.5 Å². The van der Waals surface area contributed by atoms with Gasteiger partial charge in [-0.25, -0.2) is 0 Å². The van der Waals surface area contributed by atoms with E-state index < -0.39 is 8.56 Å². The molecule has 0 aliphatic heterocycles. The van der Waals surface area contributed by atoms with Gasteiger partial charge in [-0.2, -0.15) is 0 Å². The van der Waals surface area contributed by atoms with Crippen molar-refractivity contribution in [3.05, 3.63) is 60.7 Å². The fourth-order valence-corrected chi connectivity index (χ4v) is 7.08. The molecular formula is C26H39ClO2Si. The van der Waals surface area contributed by atoms with Gasteiger partial charge in [0.2, 0.25) is 0 Å². The molecule has 30 heavy (non-hydrogen) atoms. The van der Waals surface area contributed by atoms with E-state index >= 15 is 0 Å². The quantitative estimate of drug-likeness (QED) is 0.171. The van der Waals surface area contributed by atoms with Gasteiger partial charge >= 0.3 is 8.56 Å². The molecular weight excluding hydrogens is 408 g/mol. The summed E-state index contributed by atoms with van der Waals surface area (Å²) in [6.07, 6.45) is 9.39. The summed E-state index contributed by atoms with van der Waals surface area (Å²) in [5, 5.41) is 2.39. The minimum Gasteiger partial charge on any atom is -0.388 e. The zero-order chi connectivity index (χ0) is 21.5. The Labute approximate surface area is 190 Å². The van der Waals surface area contributed by atoms with Crippen LogP contribution in [0.25, 0.3) is 0 Å². The molecule has 0 fully saturated rings. The van der Waals surface area contributed by atoms with Gasteiger partial charge in [-0.15, -0.1) is 11.6 Å². The average Bonchev–Trinajstić information content (AvgIpc) is 2.78. The molecule has 0 saturated heterocycles. The van der Waals surface area contributed by atoms with Crippen LogP contribution in [-0.2, 0) is 8.85 Å². The number of hydrogen-bond acceptors (Lipinski definition) is 2. The van der Waals surface area contributed by atoms with Gasteiger partial charge in [0.15, 0.2) is 0 Å². The Morgan fingerprint density at radius 2 is 1.13 bits per heavy atom. The van der Waals surface area contributed by atoms with Gasteiger partial charge in [0.1, 0.15) is 0 Å². The number of halogens is 1. The summed E-state index contributed by atoms with van der Waals surface area (Å²) < 4.78 is 13.4. The molecule has 0 N–H and O–H groups in total. The Kier molecular flexibility index (Phi) is 12.4. The second-order valence-corrected chi connectivity index (χ2v) is 11.7. The van der Waals surface area contributed by atoms with Crippen LogP contribution in [0.3, 0.4) is 0 Å². The first-order chi connectivity index (χ1) is 14.7. The molecule has 0 aliphatic carbocycles. The van der Waals surface area contributed by atoms with Crippen molar-refractivity contribution in [3.8, 4) is 0 Å². The number of rotatable bonds is 16. The molecule has 2 nitrogen and oxygen atoms in total. The van der Waals surface area contributed by atoms with E-state index in [1.54, 1.807) is 0 Å². The highest BCUT2D eigenvalue weighted by Gasteiger charge is 2.42. The van der Waals surface area contributed by atoms with Crippen molar-refractivity contribution in [1.82, 2.24) is 0 Å². The lowest BCUT2D eigenvalue weighted by atomic mass is 10.1. The van der Waals surface area contributed by atoms with E-state index in [-0.39, 0.29) is 0 Å². The van der Waals surface area contributed by atoms with E-state index in [0.717, 1.165) is 38.4 Å². The summed E-state index contributed by atoms with van der Waals surface area (Å²) >= 11 is 5.77. The summed E-state index contributed by atoms with van der Waals surface area (Å²) in [5.41, 5.74) is 0. The van der Waals surface area contributed by atoms with Crippen molar-refractivity contribution in [2.45, 2.75) is 65.2 Å². The molecule has 0 aromatic heterocycles. The third-order valence-corrected chi connectivity index (χ3v) is 9.05. The highest BCUT2D eigenvalue weighted by atomic mass is 35.5. The van der Waals surface area contributed by atoms with Gasteiger partial charge in [-0.1, -0.05) is 100 Å². The molecule has 2 rings (SSSR count). The highest BCUT2D eigenvalue weighted by Crippen LogP contribution is 2.14. The predicted octanol–water partition coefficient (Wildman–Crippen LogP) is 6.29. The minimum atomic E-state index is -2.72. The van der Waals surface area contributed by atoms with Gasteiger partial charge in [0.05, 0.1) is 0 Å². The van der Waals surface area contributed by atoms with Crippen LogP contribution < -0.4 is 10.4 Å². The van der Waals surface area contributed by atoms with Gasteiger partial charge in [0, 0.05) is 19.1 Å². The van der Waals surface area contributed by atoms with Crippen LogP contribution >= 0.6 is 11.6 Å². The van der Waals surface area contributed by atoms with E-state index in [9.17, 15) is 0 Å². The number of hydrogen-bond donors (Lipinski definition) is 0. The molecule has 0 unspecified atom stereocenters. The first-order valence-corrected chi connectivity index (χ1v) is 14.0. The summed E-state index contributed by atoms with van der Waals surface area (Å²) in [4.78, 5) is 0. The topological polar surface area (TPSA) is 18.5 Å². The van der Waals surface area contributed by atoms with Crippen molar-refractivity contribution in [2.75, 3.05) is 19.1 Å². The zero-order valence-electron chi connectivity index (χ0n) is 18.8. The molecule has 0 amide bonds. The number of benzene rings is 2. The van der Waals surface area contributed by atoms with E-state index in [0.29, 0.717) is 5.92 Å². The van der Waals surface area contributed by atoms with Crippen molar-refractivity contribution in [1.29, 1.82) is 0 Å². The van der Waals surface area contributed by atoms with Crippen LogP contribution in [0.4, 0.5) is 0 Å². The van der Waals surface area contributed by atoms with E-state index in [2.05, 4.69) is 74.5 Å². The second-order valence-electron chi connectivity index (χ2n) is 8.39. The van der Waals surface area contributed by atoms with E-state index in [4.69, 9.17) is 20.5 Å². The summed E-state index contributed by atoms with van der Waals surface area (Å²) in [6.45, 7) is 6.02. The normalized spacial score (nSPS) is 11.9. The summed E-state index contributed by atoms with van der Waals surface area (Å²) in [7, 11) is -2.72. The fourth-order valence-electron chi connectivity index (χ4n) is 3.68. The number of alkyl halides is 1. The van der Waals surface area contributed by atoms with Crippen LogP contribution in [0.15, 0.2) is 60.7 Å². The summed E-state index contributed by atoms with van der Waals surface area (Å²) in [6, 6.07) is 21.2. The maximum absolute atomic E-state index is 6.73. The van der Waals surface area contributed by atoms with E-state index in [1.807, 2.05) is 0 Å². The molecule has 0 heterocycles. The van der Waals surface area contributed by atoms with Crippen molar-refractivity contribution < 1.29 is 8.85 Å². The maximum atomic E-state index is 6.73. The molecule has 166 valence electrons. The maximum Gasteiger partial charge on any atom is 0.407 e. The molecule has 0 spiro atoms. The predicted molar refractivity (Wildman–Crippen MR) is 132 cm³/mol. The molecule has 0 atom stereocenters. The SMILES string of the molecule is CC(C)CCCO[Si](OCCCCCCCCCl)(c1ccccc1)c1ccccc1. The molecule has 0 bridgehead atoms. The smallest absolute Gasteiger partial charge is 0.388 e. The lowest BCUT2D eigenvalue weighted by Crippen LogP contribution is -2.63. The van der Waals surface area contributed by atoms with Crippen LogP contribution in [0, 0.1) is 5.92 Å². The third kappa shape index (κ3) is 8.54. The lowest BCUT2D eigenvalue weighted by Gasteiger charge is -2.32. The third-order valence-electron chi connectivity index (χ3n) is 5.37. The Bertz CT molecular complexity index is 624. The monoisotopic (exact) mass is 446 g/mol. The zero-order valence-corrected chi connectivity index (χ0v) is 20.6. The molecule has 0 saturated carbocycles. The molecule has 2 aromatic carbocycles. The number of unbranched alkanes of at least 4 members (excludes halogenated alkanes) is 5. The molecule has 4 heteroatoms. The summed E-state index contributed by atoms with van der Waals surface area (Å²) in [5.74, 6) is 1.47. The fraction of sp³-hybridized carbons (Fsp3) is 0.538. The molecule has 2 aromatic rings. The van der Waals surface area contributed by atoms with Crippen LogP contribution in [0.5, 0.6) is 0 Å². The van der Waals surface area contributed by atoms with Gasteiger partial charge in [-0.3, -0.25) is 0 Å². The second kappa shape index (κ2) is 14.8. The van der Waals surface area contributed by atoms with Crippen LogP contribution in [-0.4, -0.2) is 27.7 Å². The Hall–Kier alpha value is -1.13. The first-order valence-electron chi connectivity index (χ1n) is 11.6. The van der Waals surface area contributed by atoms with Crippen molar-refractivity contribution >= 4 is 30.5 Å². The highest BCUT2D eigenvalue weighted by molar-refractivity contribution is 6.92. The van der Waals surface area contributed by atoms with Gasteiger partial charge in [0.25, 0.3) is 0 Å². The van der Waals surface area contributed by atoms with Crippen molar-refractivity contribution in [2.24, 2.45) is 5.92 Å². The Morgan fingerprint density at radius 1 is 0.667 bits per heavy atom. The van der Waals surface area contributed by atoms with Gasteiger partial charge < -0.3 is 8.85 Å². The van der Waals surface area contributed by atoms with Crippen LogP contribution in [0.2, 0.25) is 0 Å². The molecule has 0 aliphatic rings. The largest absolute Gasteiger partial charge is 0.407 e. The molecule has 0 radical (unpaired) electrons. The van der Waals surface area contributed by atoms with Crippen molar-refractivity contribution in [3.63, 3.8) is 0 Å². The van der Waals surface area contributed by atoms with Gasteiger partial charge in [-0.05, 0) is 42.0 Å². The first kappa shape index (κ1) is 25.1. The lowest BCUT2D eigenvalue weighted by molar-refractivity contribution is 0.183. The van der Waals surface area contributed by atoms with Crippen LogP contribution in [0.1, 0.15) is 65.2 Å². The Morgan fingerprint density at radius 3 is 1.63 bits per heavy atom.